The molecule has 0 saturated carbocycles. The van der Waals surface area contributed by atoms with Gasteiger partial charge in [-0.3, -0.25) is 9.69 Å². The number of carbonyl (C=O) groups is 5. The van der Waals surface area contributed by atoms with Gasteiger partial charge in [-0.15, -0.1) is 0 Å². The fourth-order valence-corrected chi connectivity index (χ4v) is 3.80. The Hall–Kier alpha value is -3.51. The number of likely N-dealkylation sites (tertiary alicyclic amines) is 1. The molecule has 2 atom stereocenters. The second-order valence-electron chi connectivity index (χ2n) is 7.47. The summed E-state index contributed by atoms with van der Waals surface area (Å²) >= 11 is 0. The molecule has 1 aromatic rings. The molecular weight excluding hydrogens is 440 g/mol. The minimum atomic E-state index is -1.82. The lowest BCUT2D eigenvalue weighted by atomic mass is 9.77. The summed E-state index contributed by atoms with van der Waals surface area (Å²) in [5, 5.41) is 33.0. The highest BCUT2D eigenvalue weighted by atomic mass is 16.5. The fourth-order valence-electron chi connectivity index (χ4n) is 3.80. The molecule has 33 heavy (non-hydrogen) atoms. The van der Waals surface area contributed by atoms with Crippen molar-refractivity contribution in [1.82, 2.24) is 10.2 Å². The second kappa shape index (κ2) is 13.1. The first-order chi connectivity index (χ1) is 15.5. The van der Waals surface area contributed by atoms with E-state index in [0.29, 0.717) is 6.61 Å². The zero-order valence-electron chi connectivity index (χ0n) is 18.1. The van der Waals surface area contributed by atoms with E-state index in [0.717, 1.165) is 39.1 Å². The number of esters is 1. The molecule has 0 amide bonds. The Balaban J connectivity index is 0.000000377. The van der Waals surface area contributed by atoms with Crippen LogP contribution in [0.2, 0.25) is 0 Å². The summed E-state index contributed by atoms with van der Waals surface area (Å²) in [5.74, 6) is -7.30. The van der Waals surface area contributed by atoms with Crippen LogP contribution in [0.4, 0.5) is 0 Å². The van der Waals surface area contributed by atoms with Gasteiger partial charge in [0.2, 0.25) is 0 Å². The summed E-state index contributed by atoms with van der Waals surface area (Å²) < 4.78 is 5.32. The van der Waals surface area contributed by atoms with Crippen LogP contribution in [0.1, 0.15) is 18.9 Å². The Morgan fingerprint density at radius 2 is 1.55 bits per heavy atom. The van der Waals surface area contributed by atoms with Crippen LogP contribution in [0.25, 0.3) is 0 Å². The molecule has 0 bridgehead atoms. The molecule has 2 unspecified atom stereocenters. The van der Waals surface area contributed by atoms with Gasteiger partial charge in [0.15, 0.2) is 0 Å². The number of carboxylic acid groups (broad SMARTS) is 4. The van der Waals surface area contributed by atoms with Gasteiger partial charge in [-0.25, -0.2) is 19.2 Å². The Kier molecular flexibility index (Phi) is 11.0. The van der Waals surface area contributed by atoms with Gasteiger partial charge in [0, 0.05) is 31.6 Å². The van der Waals surface area contributed by atoms with E-state index in [9.17, 15) is 4.79 Å². The van der Waals surface area contributed by atoms with E-state index in [2.05, 4.69) is 34.5 Å². The smallest absolute Gasteiger partial charge is 0.414 e. The van der Waals surface area contributed by atoms with Crippen molar-refractivity contribution in [2.45, 2.75) is 19.9 Å². The molecule has 2 saturated heterocycles. The average molecular weight is 468 g/mol. The van der Waals surface area contributed by atoms with Gasteiger partial charge < -0.3 is 30.5 Å². The molecule has 12 nitrogen and oxygen atoms in total. The summed E-state index contributed by atoms with van der Waals surface area (Å²) in [6.45, 7) is 7.01. The third-order valence-electron chi connectivity index (χ3n) is 5.18. The molecule has 2 fully saturated rings. The molecule has 0 aliphatic carbocycles. The third kappa shape index (κ3) is 8.86. The maximum atomic E-state index is 12.3. The molecule has 0 radical (unpaired) electrons. The molecule has 1 spiro atoms. The average Bonchev–Trinajstić information content (AvgIpc) is 3.37. The Morgan fingerprint density at radius 3 is 1.97 bits per heavy atom. The van der Waals surface area contributed by atoms with Crippen LogP contribution in [0.5, 0.6) is 0 Å². The Labute approximate surface area is 189 Å². The van der Waals surface area contributed by atoms with E-state index >= 15 is 0 Å². The second-order valence-corrected chi connectivity index (χ2v) is 7.47. The van der Waals surface area contributed by atoms with Gasteiger partial charge in [0.25, 0.3) is 0 Å². The molecule has 3 rings (SSSR count). The van der Waals surface area contributed by atoms with E-state index < -0.39 is 23.9 Å². The quantitative estimate of drug-likeness (QED) is 0.293. The molecule has 2 aliphatic heterocycles. The lowest BCUT2D eigenvalue weighted by molar-refractivity contribution is -0.159. The monoisotopic (exact) mass is 468 g/mol. The fraction of sp³-hybridized carbons (Fsp3) is 0.476. The van der Waals surface area contributed by atoms with E-state index in [1.54, 1.807) is 0 Å². The third-order valence-corrected chi connectivity index (χ3v) is 5.18. The number of hydrogen-bond acceptors (Lipinski definition) is 8. The van der Waals surface area contributed by atoms with Gasteiger partial charge in [0.05, 0.1) is 12.5 Å². The molecule has 0 aromatic heterocycles. The number of carbonyl (C=O) groups excluding carboxylic acids is 1. The highest BCUT2D eigenvalue weighted by Gasteiger charge is 2.51. The highest BCUT2D eigenvalue weighted by Crippen LogP contribution is 2.42. The van der Waals surface area contributed by atoms with E-state index in [-0.39, 0.29) is 17.3 Å². The Morgan fingerprint density at radius 1 is 1.00 bits per heavy atom. The molecular formula is C21H28N2O10. The van der Waals surface area contributed by atoms with Crippen molar-refractivity contribution in [3.05, 3.63) is 35.9 Å². The summed E-state index contributed by atoms with van der Waals surface area (Å²) in [7, 11) is 0. The maximum absolute atomic E-state index is 12.3. The molecule has 1 aromatic carbocycles. The predicted octanol–water partition coefficient (Wildman–Crippen LogP) is -0.0276. The van der Waals surface area contributed by atoms with Crippen molar-refractivity contribution in [3.63, 3.8) is 0 Å². The SMILES string of the molecule is CCOC(=O)C1CN(Cc2ccccc2)CC12CCNC2.O=C(O)C(=O)O.O=C(O)C(=O)O. The summed E-state index contributed by atoms with van der Waals surface area (Å²) in [5.41, 5.74) is 1.38. The van der Waals surface area contributed by atoms with E-state index in [4.69, 9.17) is 44.3 Å². The van der Waals surface area contributed by atoms with Gasteiger partial charge >= 0.3 is 29.8 Å². The number of benzene rings is 1. The topological polar surface area (TPSA) is 191 Å². The number of nitrogens with one attached hydrogen (secondary N) is 1. The first kappa shape index (κ1) is 27.5. The van der Waals surface area contributed by atoms with Crippen molar-refractivity contribution in [3.8, 4) is 0 Å². The lowest BCUT2D eigenvalue weighted by Crippen LogP contribution is -2.37. The van der Waals surface area contributed by atoms with Crippen molar-refractivity contribution in [2.75, 3.05) is 32.8 Å². The van der Waals surface area contributed by atoms with Crippen LogP contribution >= 0.6 is 0 Å². The predicted molar refractivity (Wildman–Crippen MR) is 112 cm³/mol. The first-order valence-corrected chi connectivity index (χ1v) is 10.1. The Bertz CT molecular complexity index is 789. The maximum Gasteiger partial charge on any atom is 0.414 e. The van der Waals surface area contributed by atoms with E-state index in [1.807, 2.05) is 13.0 Å². The van der Waals surface area contributed by atoms with Crippen molar-refractivity contribution in [1.29, 1.82) is 0 Å². The number of hydrogen-bond donors (Lipinski definition) is 5. The molecule has 12 heteroatoms. The zero-order chi connectivity index (χ0) is 25.0. The van der Waals surface area contributed by atoms with Crippen LogP contribution in [-0.2, 0) is 35.3 Å². The summed E-state index contributed by atoms with van der Waals surface area (Å²) in [4.78, 5) is 51.1. The standard InChI is InChI=1S/C17H24N2O2.2C2H2O4/c1-2-21-16(20)15-11-19(10-14-6-4-3-5-7-14)13-17(15)8-9-18-12-17;2*3-1(4)2(5)6/h3-7,15,18H,2,8-13H2,1H3;2*(H,3,4)(H,5,6). The normalized spacial score (nSPS) is 21.2. The highest BCUT2D eigenvalue weighted by molar-refractivity contribution is 6.27. The first-order valence-electron chi connectivity index (χ1n) is 10.1. The van der Waals surface area contributed by atoms with Gasteiger partial charge in [-0.05, 0) is 25.5 Å². The largest absolute Gasteiger partial charge is 0.473 e. The zero-order valence-corrected chi connectivity index (χ0v) is 18.1. The molecule has 2 aliphatic rings. The minimum absolute atomic E-state index is 0.0103. The molecule has 2 heterocycles. The molecule has 182 valence electrons. The van der Waals surface area contributed by atoms with Crippen LogP contribution in [-0.4, -0.2) is 88.0 Å². The van der Waals surface area contributed by atoms with Crippen molar-refractivity contribution >= 4 is 29.8 Å². The number of rotatable bonds is 4. The minimum Gasteiger partial charge on any atom is -0.473 e. The molecule has 5 N–H and O–H groups in total. The summed E-state index contributed by atoms with van der Waals surface area (Å²) in [6.07, 6.45) is 1.07. The van der Waals surface area contributed by atoms with Crippen LogP contribution in [0.15, 0.2) is 30.3 Å². The van der Waals surface area contributed by atoms with Crippen LogP contribution < -0.4 is 5.32 Å². The van der Waals surface area contributed by atoms with Gasteiger partial charge in [-0.1, -0.05) is 30.3 Å². The number of carboxylic acids is 4. The number of aliphatic carboxylic acids is 4. The van der Waals surface area contributed by atoms with Crippen molar-refractivity contribution < 1.29 is 49.1 Å². The van der Waals surface area contributed by atoms with Gasteiger partial charge in [0.1, 0.15) is 0 Å². The van der Waals surface area contributed by atoms with E-state index in [1.165, 1.54) is 5.56 Å². The van der Waals surface area contributed by atoms with Gasteiger partial charge in [-0.2, -0.15) is 0 Å². The number of nitrogens with zero attached hydrogens (tertiary/aromatic N) is 1. The lowest BCUT2D eigenvalue weighted by Gasteiger charge is -2.27. The summed E-state index contributed by atoms with van der Waals surface area (Å²) in [6, 6.07) is 10.5. The number of ether oxygens (including phenoxy) is 1. The van der Waals surface area contributed by atoms with Crippen molar-refractivity contribution in [2.24, 2.45) is 11.3 Å². The van der Waals surface area contributed by atoms with Crippen LogP contribution in [0.3, 0.4) is 0 Å². The van der Waals surface area contributed by atoms with Crippen LogP contribution in [0, 0.1) is 11.3 Å².